The molecule has 0 radical (unpaired) electrons. The van der Waals surface area contributed by atoms with E-state index in [4.69, 9.17) is 0 Å². The predicted molar refractivity (Wildman–Crippen MR) is 101 cm³/mol. The summed E-state index contributed by atoms with van der Waals surface area (Å²) in [5.41, 5.74) is 0.996. The molecular weight excluding hydrogens is 415 g/mol. The molecule has 0 atom stereocenters. The van der Waals surface area contributed by atoms with Crippen LogP contribution in [0.1, 0.15) is 25.8 Å². The smallest absolute Gasteiger partial charge is 0.387 e. The third-order valence-corrected chi connectivity index (χ3v) is 3.15. The van der Waals surface area contributed by atoms with Crippen LogP contribution in [-0.4, -0.2) is 38.1 Å². The molecule has 4 nitrogen and oxygen atoms in total. The molecule has 0 aliphatic rings. The summed E-state index contributed by atoms with van der Waals surface area (Å²) in [5.74, 6) is 1.62. The van der Waals surface area contributed by atoms with E-state index >= 15 is 0 Å². The molecule has 1 rings (SSSR count). The third-order valence-electron chi connectivity index (χ3n) is 3.15. The second-order valence-corrected chi connectivity index (χ2v) is 5.54. The van der Waals surface area contributed by atoms with Crippen LogP contribution in [0.25, 0.3) is 0 Å². The minimum absolute atomic E-state index is 0. The van der Waals surface area contributed by atoms with E-state index in [9.17, 15) is 8.78 Å². The van der Waals surface area contributed by atoms with Crippen molar-refractivity contribution in [2.75, 3.05) is 20.6 Å². The average molecular weight is 441 g/mol. The summed E-state index contributed by atoms with van der Waals surface area (Å²) in [6.45, 7) is 3.07. The first kappa shape index (κ1) is 21.9. The largest absolute Gasteiger partial charge is 0.435 e. The SMILES string of the molecule is CN=C(NCCC(C)C)N(C)Cc1ccc(OC(F)F)cc1.I. The Morgan fingerprint density at radius 2 is 1.87 bits per heavy atom. The van der Waals surface area contributed by atoms with Gasteiger partial charge < -0.3 is 15.0 Å². The van der Waals surface area contributed by atoms with Crippen molar-refractivity contribution < 1.29 is 13.5 Å². The molecule has 1 N–H and O–H groups in total. The fourth-order valence-electron chi connectivity index (χ4n) is 1.98. The summed E-state index contributed by atoms with van der Waals surface area (Å²) in [5, 5.41) is 3.31. The van der Waals surface area contributed by atoms with Gasteiger partial charge in [0.2, 0.25) is 0 Å². The number of halogens is 3. The number of hydrogen-bond donors (Lipinski definition) is 1. The molecule has 132 valence electrons. The maximum atomic E-state index is 12.1. The lowest BCUT2D eigenvalue weighted by Crippen LogP contribution is -2.39. The molecule has 0 bridgehead atoms. The molecule has 0 aliphatic carbocycles. The van der Waals surface area contributed by atoms with Crippen molar-refractivity contribution in [1.29, 1.82) is 0 Å². The second kappa shape index (κ2) is 11.4. The molecule has 7 heteroatoms. The predicted octanol–water partition coefficient (Wildman–Crippen LogP) is 3.96. The van der Waals surface area contributed by atoms with Crippen molar-refractivity contribution in [3.63, 3.8) is 0 Å². The van der Waals surface area contributed by atoms with Crippen molar-refractivity contribution >= 4 is 29.9 Å². The van der Waals surface area contributed by atoms with E-state index in [1.807, 2.05) is 11.9 Å². The first-order valence-corrected chi connectivity index (χ1v) is 7.38. The van der Waals surface area contributed by atoms with Gasteiger partial charge in [0.25, 0.3) is 0 Å². The first-order chi connectivity index (χ1) is 10.4. The summed E-state index contributed by atoms with van der Waals surface area (Å²) in [4.78, 5) is 6.23. The van der Waals surface area contributed by atoms with Gasteiger partial charge in [-0.15, -0.1) is 24.0 Å². The van der Waals surface area contributed by atoms with Crippen LogP contribution in [0.2, 0.25) is 0 Å². The maximum Gasteiger partial charge on any atom is 0.387 e. The fourth-order valence-corrected chi connectivity index (χ4v) is 1.98. The van der Waals surface area contributed by atoms with Crippen molar-refractivity contribution in [2.45, 2.75) is 33.4 Å². The molecule has 1 aromatic carbocycles. The Morgan fingerprint density at radius 3 is 2.35 bits per heavy atom. The lowest BCUT2D eigenvalue weighted by molar-refractivity contribution is -0.0498. The minimum atomic E-state index is -2.79. The number of benzene rings is 1. The summed E-state index contributed by atoms with van der Waals surface area (Å²) < 4.78 is 28.5. The van der Waals surface area contributed by atoms with Crippen LogP contribution in [0, 0.1) is 5.92 Å². The van der Waals surface area contributed by atoms with E-state index in [1.165, 1.54) is 0 Å². The van der Waals surface area contributed by atoms with Gasteiger partial charge in [0, 0.05) is 27.2 Å². The number of rotatable bonds is 7. The normalized spacial score (nSPS) is 11.4. The van der Waals surface area contributed by atoms with Crippen molar-refractivity contribution in [3.05, 3.63) is 29.8 Å². The monoisotopic (exact) mass is 441 g/mol. The molecule has 0 amide bonds. The highest BCUT2D eigenvalue weighted by molar-refractivity contribution is 14.0. The van der Waals surface area contributed by atoms with E-state index in [2.05, 4.69) is 28.9 Å². The zero-order chi connectivity index (χ0) is 16.5. The molecule has 0 unspecified atom stereocenters. The first-order valence-electron chi connectivity index (χ1n) is 7.38. The number of aliphatic imine (C=N–C) groups is 1. The van der Waals surface area contributed by atoms with Gasteiger partial charge in [-0.3, -0.25) is 4.99 Å². The molecule has 0 aliphatic heterocycles. The zero-order valence-corrected chi connectivity index (χ0v) is 16.4. The van der Waals surface area contributed by atoms with Gasteiger partial charge >= 0.3 is 6.61 Å². The Labute approximate surface area is 154 Å². The fraction of sp³-hybridized carbons (Fsp3) is 0.562. The van der Waals surface area contributed by atoms with Gasteiger partial charge in [-0.2, -0.15) is 8.78 Å². The van der Waals surface area contributed by atoms with Gasteiger partial charge in [0.15, 0.2) is 5.96 Å². The molecule has 0 fully saturated rings. The third kappa shape index (κ3) is 8.92. The van der Waals surface area contributed by atoms with Crippen LogP contribution in [0.3, 0.4) is 0 Å². The highest BCUT2D eigenvalue weighted by atomic mass is 127. The molecular formula is C16H26F2IN3O. The quantitative estimate of drug-likeness (QED) is 0.396. The van der Waals surface area contributed by atoms with Gasteiger partial charge in [-0.1, -0.05) is 26.0 Å². The van der Waals surface area contributed by atoms with Crippen LogP contribution in [0.5, 0.6) is 5.75 Å². The molecule has 0 heterocycles. The van der Waals surface area contributed by atoms with Crippen LogP contribution in [0.15, 0.2) is 29.3 Å². The topological polar surface area (TPSA) is 36.9 Å². The van der Waals surface area contributed by atoms with Crippen LogP contribution in [-0.2, 0) is 6.54 Å². The zero-order valence-electron chi connectivity index (χ0n) is 14.1. The second-order valence-electron chi connectivity index (χ2n) is 5.54. The van der Waals surface area contributed by atoms with Crippen molar-refractivity contribution in [1.82, 2.24) is 10.2 Å². The molecule has 0 saturated carbocycles. The van der Waals surface area contributed by atoms with Gasteiger partial charge in [-0.25, -0.2) is 0 Å². The number of alkyl halides is 2. The molecule has 23 heavy (non-hydrogen) atoms. The lowest BCUT2D eigenvalue weighted by atomic mass is 10.1. The number of nitrogens with one attached hydrogen (secondary N) is 1. The molecule has 1 aromatic rings. The van der Waals surface area contributed by atoms with Crippen molar-refractivity contribution in [3.8, 4) is 5.75 Å². The van der Waals surface area contributed by atoms with E-state index in [0.29, 0.717) is 12.5 Å². The highest BCUT2D eigenvalue weighted by Crippen LogP contribution is 2.15. The Morgan fingerprint density at radius 1 is 1.26 bits per heavy atom. The Kier molecular flexibility index (Phi) is 10.9. The summed E-state index contributed by atoms with van der Waals surface area (Å²) >= 11 is 0. The van der Waals surface area contributed by atoms with Crippen molar-refractivity contribution in [2.24, 2.45) is 10.9 Å². The van der Waals surface area contributed by atoms with E-state index in [-0.39, 0.29) is 29.7 Å². The number of guanidine groups is 1. The Balaban J connectivity index is 0.00000484. The molecule has 0 saturated heterocycles. The standard InChI is InChI=1S/C16H25F2N3O.HI/c1-12(2)9-10-20-16(19-3)21(4)11-13-5-7-14(8-6-13)22-15(17)18;/h5-8,12,15H,9-11H2,1-4H3,(H,19,20);1H. The summed E-state index contributed by atoms with van der Waals surface area (Å²) in [6, 6.07) is 6.64. The van der Waals surface area contributed by atoms with E-state index in [0.717, 1.165) is 24.5 Å². The molecule has 0 aromatic heterocycles. The number of hydrogen-bond acceptors (Lipinski definition) is 2. The Hall–Kier alpha value is -1.12. The van der Waals surface area contributed by atoms with Crippen LogP contribution in [0.4, 0.5) is 8.78 Å². The number of ether oxygens (including phenoxy) is 1. The maximum absolute atomic E-state index is 12.1. The van der Waals surface area contributed by atoms with Gasteiger partial charge in [0.05, 0.1) is 0 Å². The highest BCUT2D eigenvalue weighted by Gasteiger charge is 2.08. The van der Waals surface area contributed by atoms with E-state index < -0.39 is 6.61 Å². The van der Waals surface area contributed by atoms with Gasteiger partial charge in [0.1, 0.15) is 5.75 Å². The minimum Gasteiger partial charge on any atom is -0.435 e. The summed E-state index contributed by atoms with van der Waals surface area (Å²) in [7, 11) is 3.68. The Bertz CT molecular complexity index is 467. The summed E-state index contributed by atoms with van der Waals surface area (Å²) in [6.07, 6.45) is 1.08. The van der Waals surface area contributed by atoms with E-state index in [1.54, 1.807) is 31.3 Å². The lowest BCUT2D eigenvalue weighted by Gasteiger charge is -2.22. The average Bonchev–Trinajstić information content (AvgIpc) is 2.44. The van der Waals surface area contributed by atoms with Gasteiger partial charge in [-0.05, 0) is 30.0 Å². The van der Waals surface area contributed by atoms with Crippen LogP contribution < -0.4 is 10.1 Å². The number of nitrogens with zero attached hydrogens (tertiary/aromatic N) is 2. The van der Waals surface area contributed by atoms with Crippen LogP contribution >= 0.6 is 24.0 Å². The molecule has 0 spiro atoms.